The molecule has 1 atom stereocenters. The minimum atomic E-state index is -0.134. The first-order chi connectivity index (χ1) is 8.20. The molecule has 0 aliphatic heterocycles. The Morgan fingerprint density at radius 2 is 1.71 bits per heavy atom. The van der Waals surface area contributed by atoms with Gasteiger partial charge in [0.25, 0.3) is 0 Å². The summed E-state index contributed by atoms with van der Waals surface area (Å²) < 4.78 is 5.15. The molecule has 0 aromatic rings. The van der Waals surface area contributed by atoms with E-state index >= 15 is 0 Å². The monoisotopic (exact) mass is 243 g/mol. The number of nitrogens with two attached hydrogens (primary N) is 1. The molecule has 0 aromatic heterocycles. The van der Waals surface area contributed by atoms with Gasteiger partial charge in [0.2, 0.25) is 0 Å². The summed E-state index contributed by atoms with van der Waals surface area (Å²) in [6.45, 7) is 4.89. The highest BCUT2D eigenvalue weighted by Gasteiger charge is 2.09. The molecule has 0 saturated heterocycles. The van der Waals surface area contributed by atoms with Crippen molar-refractivity contribution < 1.29 is 9.53 Å². The van der Waals surface area contributed by atoms with Crippen LogP contribution in [0.2, 0.25) is 0 Å². The molecule has 102 valence electrons. The van der Waals surface area contributed by atoms with E-state index in [0.29, 0.717) is 13.0 Å². The van der Waals surface area contributed by atoms with Gasteiger partial charge in [-0.05, 0) is 12.8 Å². The molecule has 3 nitrogen and oxygen atoms in total. The van der Waals surface area contributed by atoms with Gasteiger partial charge in [0.15, 0.2) is 0 Å². The number of hydrogen-bond acceptors (Lipinski definition) is 3. The van der Waals surface area contributed by atoms with E-state index in [1.54, 1.807) is 0 Å². The second-order valence-corrected chi connectivity index (χ2v) is 4.74. The van der Waals surface area contributed by atoms with E-state index in [-0.39, 0.29) is 12.0 Å². The zero-order chi connectivity index (χ0) is 12.9. The molecule has 0 fully saturated rings. The highest BCUT2D eigenvalue weighted by atomic mass is 16.5. The van der Waals surface area contributed by atoms with Crippen molar-refractivity contribution in [3.63, 3.8) is 0 Å². The minimum Gasteiger partial charge on any atom is -0.466 e. The summed E-state index contributed by atoms with van der Waals surface area (Å²) in [6.07, 6.45) is 9.34. The van der Waals surface area contributed by atoms with Crippen LogP contribution in [-0.4, -0.2) is 18.6 Å². The fourth-order valence-corrected chi connectivity index (χ4v) is 1.75. The largest absolute Gasteiger partial charge is 0.466 e. The van der Waals surface area contributed by atoms with E-state index in [0.717, 1.165) is 25.7 Å². The third-order valence-electron chi connectivity index (χ3n) is 2.87. The van der Waals surface area contributed by atoms with Gasteiger partial charge in [0.1, 0.15) is 0 Å². The Labute approximate surface area is 106 Å². The maximum atomic E-state index is 11.4. The van der Waals surface area contributed by atoms with Crippen LogP contribution in [-0.2, 0) is 9.53 Å². The van der Waals surface area contributed by atoms with Crippen molar-refractivity contribution in [3.05, 3.63) is 0 Å². The van der Waals surface area contributed by atoms with Crippen molar-refractivity contribution in [2.24, 2.45) is 5.73 Å². The number of esters is 1. The molecule has 0 bridgehead atoms. The van der Waals surface area contributed by atoms with Crippen molar-refractivity contribution in [2.75, 3.05) is 6.61 Å². The number of rotatable bonds is 11. The van der Waals surface area contributed by atoms with Gasteiger partial charge in [0.05, 0.1) is 13.0 Å². The van der Waals surface area contributed by atoms with Gasteiger partial charge in [-0.1, -0.05) is 52.4 Å². The summed E-state index contributed by atoms with van der Waals surface area (Å²) in [6, 6.07) is -0.0234. The van der Waals surface area contributed by atoms with Crippen LogP contribution in [0.15, 0.2) is 0 Å². The predicted octanol–water partition coefficient (Wildman–Crippen LogP) is 3.41. The number of unbranched alkanes of at least 4 members (excludes halogenated alkanes) is 5. The Hall–Kier alpha value is -0.570. The average Bonchev–Trinajstić information content (AvgIpc) is 2.29. The highest BCUT2D eigenvalue weighted by molar-refractivity contribution is 5.70. The van der Waals surface area contributed by atoms with Gasteiger partial charge < -0.3 is 10.5 Å². The van der Waals surface area contributed by atoms with Gasteiger partial charge in [-0.2, -0.15) is 0 Å². The molecule has 0 amide bonds. The van der Waals surface area contributed by atoms with E-state index in [9.17, 15) is 4.79 Å². The fraction of sp³-hybridized carbons (Fsp3) is 0.929. The Balaban J connectivity index is 3.37. The lowest BCUT2D eigenvalue weighted by molar-refractivity contribution is -0.144. The Morgan fingerprint density at radius 1 is 1.06 bits per heavy atom. The molecule has 0 rings (SSSR count). The summed E-state index contributed by atoms with van der Waals surface area (Å²) in [5.41, 5.74) is 5.87. The van der Waals surface area contributed by atoms with Gasteiger partial charge in [0, 0.05) is 6.04 Å². The molecule has 17 heavy (non-hydrogen) atoms. The lowest BCUT2D eigenvalue weighted by atomic mass is 10.1. The van der Waals surface area contributed by atoms with E-state index in [2.05, 4.69) is 13.8 Å². The lowest BCUT2D eigenvalue weighted by Gasteiger charge is -2.10. The molecular formula is C14H29NO2. The van der Waals surface area contributed by atoms with E-state index in [1.807, 2.05) is 0 Å². The Bertz CT molecular complexity index is 183. The SMILES string of the molecule is CCCCCCOC(=O)CC(N)CCCCC. The molecule has 0 aliphatic rings. The maximum Gasteiger partial charge on any atom is 0.307 e. The number of hydrogen-bond donors (Lipinski definition) is 1. The standard InChI is InChI=1S/C14H29NO2/c1-3-5-7-9-11-17-14(16)12-13(15)10-8-6-4-2/h13H,3-12,15H2,1-2H3. The van der Waals surface area contributed by atoms with Crippen LogP contribution in [0.3, 0.4) is 0 Å². The van der Waals surface area contributed by atoms with Crippen molar-refractivity contribution in [1.82, 2.24) is 0 Å². The molecule has 0 aromatic carbocycles. The van der Waals surface area contributed by atoms with Gasteiger partial charge in [-0.25, -0.2) is 0 Å². The Morgan fingerprint density at radius 3 is 2.35 bits per heavy atom. The second kappa shape index (κ2) is 11.9. The van der Waals surface area contributed by atoms with E-state index in [1.165, 1.54) is 25.7 Å². The van der Waals surface area contributed by atoms with Gasteiger partial charge in [-0.15, -0.1) is 0 Å². The zero-order valence-electron chi connectivity index (χ0n) is 11.5. The van der Waals surface area contributed by atoms with Gasteiger partial charge >= 0.3 is 5.97 Å². The first kappa shape index (κ1) is 16.4. The van der Waals surface area contributed by atoms with Crippen LogP contribution in [0.1, 0.15) is 71.6 Å². The third-order valence-corrected chi connectivity index (χ3v) is 2.87. The quantitative estimate of drug-likeness (QED) is 0.447. The summed E-state index contributed by atoms with van der Waals surface area (Å²) in [4.78, 5) is 11.4. The normalized spacial score (nSPS) is 12.4. The summed E-state index contributed by atoms with van der Waals surface area (Å²) in [7, 11) is 0. The topological polar surface area (TPSA) is 52.3 Å². The first-order valence-electron chi connectivity index (χ1n) is 7.11. The third kappa shape index (κ3) is 11.7. The second-order valence-electron chi connectivity index (χ2n) is 4.74. The zero-order valence-corrected chi connectivity index (χ0v) is 11.5. The smallest absolute Gasteiger partial charge is 0.307 e. The van der Waals surface area contributed by atoms with Crippen LogP contribution in [0.25, 0.3) is 0 Å². The average molecular weight is 243 g/mol. The summed E-state index contributed by atoms with van der Waals surface area (Å²) in [5, 5.41) is 0. The maximum absolute atomic E-state index is 11.4. The van der Waals surface area contributed by atoms with Crippen LogP contribution < -0.4 is 5.73 Å². The molecule has 0 radical (unpaired) electrons. The van der Waals surface area contributed by atoms with E-state index < -0.39 is 0 Å². The molecule has 3 heteroatoms. The van der Waals surface area contributed by atoms with Crippen LogP contribution in [0, 0.1) is 0 Å². The highest BCUT2D eigenvalue weighted by Crippen LogP contribution is 2.06. The molecule has 0 aliphatic carbocycles. The van der Waals surface area contributed by atoms with Crippen molar-refractivity contribution in [1.29, 1.82) is 0 Å². The van der Waals surface area contributed by atoms with Crippen molar-refractivity contribution in [3.8, 4) is 0 Å². The molecule has 1 unspecified atom stereocenters. The van der Waals surface area contributed by atoms with E-state index in [4.69, 9.17) is 10.5 Å². The number of carbonyl (C=O) groups excluding carboxylic acids is 1. The first-order valence-corrected chi connectivity index (χ1v) is 7.11. The van der Waals surface area contributed by atoms with Crippen LogP contribution in [0.5, 0.6) is 0 Å². The van der Waals surface area contributed by atoms with Gasteiger partial charge in [-0.3, -0.25) is 4.79 Å². The molecule has 0 heterocycles. The van der Waals surface area contributed by atoms with Crippen LogP contribution in [0.4, 0.5) is 0 Å². The lowest BCUT2D eigenvalue weighted by Crippen LogP contribution is -2.25. The summed E-state index contributed by atoms with van der Waals surface area (Å²) in [5.74, 6) is -0.134. The Kier molecular flexibility index (Phi) is 11.5. The van der Waals surface area contributed by atoms with Crippen molar-refractivity contribution in [2.45, 2.75) is 77.7 Å². The van der Waals surface area contributed by atoms with Crippen molar-refractivity contribution >= 4 is 5.97 Å². The fourth-order valence-electron chi connectivity index (χ4n) is 1.75. The van der Waals surface area contributed by atoms with Crippen LogP contribution >= 0.6 is 0 Å². The summed E-state index contributed by atoms with van der Waals surface area (Å²) >= 11 is 0. The minimum absolute atomic E-state index is 0.0234. The molecule has 2 N–H and O–H groups in total. The molecular weight excluding hydrogens is 214 g/mol. The molecule has 0 spiro atoms. The number of ether oxygens (including phenoxy) is 1. The molecule has 0 saturated carbocycles. The number of carbonyl (C=O) groups is 1. The predicted molar refractivity (Wildman–Crippen MR) is 71.8 cm³/mol.